The van der Waals surface area contributed by atoms with Crippen molar-refractivity contribution in [3.05, 3.63) is 24.4 Å². The van der Waals surface area contributed by atoms with Gasteiger partial charge in [-0.2, -0.15) is 5.10 Å². The van der Waals surface area contributed by atoms with E-state index in [1.165, 1.54) is 0 Å². The van der Waals surface area contributed by atoms with E-state index in [9.17, 15) is 0 Å². The fraction of sp³-hybridized carbons (Fsp3) is 0.125. The van der Waals surface area contributed by atoms with E-state index in [-0.39, 0.29) is 0 Å². The second-order valence-electron chi connectivity index (χ2n) is 2.23. The van der Waals surface area contributed by atoms with Crippen LogP contribution in [0.2, 0.25) is 0 Å². The van der Waals surface area contributed by atoms with Gasteiger partial charge in [-0.25, -0.2) is 0 Å². The zero-order valence-corrected chi connectivity index (χ0v) is 6.09. The molecule has 0 spiro atoms. The van der Waals surface area contributed by atoms with Gasteiger partial charge < -0.3 is 4.74 Å². The third kappa shape index (κ3) is 0.941. The lowest BCUT2D eigenvalue weighted by Crippen LogP contribution is -1.81. The van der Waals surface area contributed by atoms with Crippen molar-refractivity contribution in [1.29, 1.82) is 0 Å². The van der Waals surface area contributed by atoms with E-state index in [1.54, 1.807) is 7.11 Å². The molecule has 0 fully saturated rings. The first-order valence-corrected chi connectivity index (χ1v) is 3.29. The number of aromatic amines is 1. The van der Waals surface area contributed by atoms with Crippen LogP contribution in [0.25, 0.3) is 10.9 Å². The van der Waals surface area contributed by atoms with Gasteiger partial charge in [-0.3, -0.25) is 5.10 Å². The molecule has 0 saturated heterocycles. The number of aromatic nitrogens is 2. The highest BCUT2D eigenvalue weighted by atomic mass is 16.5. The minimum atomic E-state index is 0.713. The Hall–Kier alpha value is -1.51. The van der Waals surface area contributed by atoms with Crippen LogP contribution >= 0.6 is 0 Å². The Morgan fingerprint density at radius 2 is 2.55 bits per heavy atom. The van der Waals surface area contributed by atoms with Gasteiger partial charge in [-0.05, 0) is 6.07 Å². The summed E-state index contributed by atoms with van der Waals surface area (Å²) in [6.45, 7) is 0. The Labute approximate surface area is 64.0 Å². The van der Waals surface area contributed by atoms with Crippen LogP contribution in [0.3, 0.4) is 0 Å². The number of methoxy groups -OCH3 is 1. The summed E-state index contributed by atoms with van der Waals surface area (Å²) < 4.78 is 4.98. The number of nitrogens with one attached hydrogen (secondary N) is 1. The van der Waals surface area contributed by atoms with E-state index in [0.29, 0.717) is 5.75 Å². The van der Waals surface area contributed by atoms with Crippen LogP contribution in [0.5, 0.6) is 5.75 Å². The van der Waals surface area contributed by atoms with Crippen LogP contribution in [0, 0.1) is 6.07 Å². The molecule has 3 nitrogen and oxygen atoms in total. The Morgan fingerprint density at radius 3 is 3.36 bits per heavy atom. The fourth-order valence-corrected chi connectivity index (χ4v) is 0.974. The number of rotatable bonds is 1. The minimum Gasteiger partial charge on any atom is -0.496 e. The quantitative estimate of drug-likeness (QED) is 0.661. The van der Waals surface area contributed by atoms with Crippen LogP contribution in [0.15, 0.2) is 18.3 Å². The van der Waals surface area contributed by atoms with Crippen molar-refractivity contribution in [3.8, 4) is 5.75 Å². The lowest BCUT2D eigenvalue weighted by Gasteiger charge is -1.95. The zero-order chi connectivity index (χ0) is 7.68. The molecule has 0 aliphatic heterocycles. The van der Waals surface area contributed by atoms with Crippen LogP contribution in [0.1, 0.15) is 0 Å². The van der Waals surface area contributed by atoms with Gasteiger partial charge in [0, 0.05) is 23.7 Å². The SMILES string of the molecule is COc1[c]cc2c[nH]nc2c1. The molecule has 1 radical (unpaired) electrons. The molecule has 1 aromatic heterocycles. The maximum absolute atomic E-state index is 4.98. The molecule has 11 heavy (non-hydrogen) atoms. The molecular formula is C8H7N2O. The summed E-state index contributed by atoms with van der Waals surface area (Å²) >= 11 is 0. The standard InChI is InChI=1S/C8H7N2O/c1-11-7-3-2-6-5-9-10-8(6)4-7/h2,4-5H,1H3,(H,9,10). The third-order valence-electron chi connectivity index (χ3n) is 1.56. The second-order valence-corrected chi connectivity index (χ2v) is 2.23. The maximum Gasteiger partial charge on any atom is 0.129 e. The molecule has 0 atom stereocenters. The highest BCUT2D eigenvalue weighted by Crippen LogP contribution is 2.16. The third-order valence-corrected chi connectivity index (χ3v) is 1.56. The normalized spacial score (nSPS) is 10.3. The van der Waals surface area contributed by atoms with E-state index >= 15 is 0 Å². The van der Waals surface area contributed by atoms with Gasteiger partial charge >= 0.3 is 0 Å². The molecule has 0 saturated carbocycles. The zero-order valence-electron chi connectivity index (χ0n) is 6.09. The summed E-state index contributed by atoms with van der Waals surface area (Å²) in [6, 6.07) is 6.65. The highest BCUT2D eigenvalue weighted by molar-refractivity contribution is 5.78. The number of H-pyrrole nitrogens is 1. The Bertz CT molecular complexity index is 367. The van der Waals surface area contributed by atoms with Crippen molar-refractivity contribution in [3.63, 3.8) is 0 Å². The number of benzene rings is 1. The molecule has 0 aliphatic carbocycles. The molecule has 0 bridgehead atoms. The summed E-state index contributed by atoms with van der Waals surface area (Å²) in [5, 5.41) is 7.81. The predicted octanol–water partition coefficient (Wildman–Crippen LogP) is 1.37. The van der Waals surface area contributed by atoms with E-state index in [2.05, 4.69) is 16.3 Å². The molecule has 0 amide bonds. The monoisotopic (exact) mass is 147 g/mol. The lowest BCUT2D eigenvalue weighted by atomic mass is 10.2. The smallest absolute Gasteiger partial charge is 0.129 e. The number of fused-ring (bicyclic) bond motifs is 1. The number of hydrogen-bond donors (Lipinski definition) is 1. The Morgan fingerprint density at radius 1 is 1.64 bits per heavy atom. The molecular weight excluding hydrogens is 140 g/mol. The fourth-order valence-electron chi connectivity index (χ4n) is 0.974. The van der Waals surface area contributed by atoms with E-state index in [4.69, 9.17) is 4.74 Å². The van der Waals surface area contributed by atoms with Crippen LogP contribution < -0.4 is 4.74 Å². The van der Waals surface area contributed by atoms with Gasteiger partial charge in [-0.1, -0.05) is 0 Å². The van der Waals surface area contributed by atoms with Crippen molar-refractivity contribution in [2.45, 2.75) is 0 Å². The number of ether oxygens (including phenoxy) is 1. The molecule has 2 aromatic rings. The summed E-state index contributed by atoms with van der Waals surface area (Å²) in [4.78, 5) is 0. The molecule has 1 aromatic carbocycles. The predicted molar refractivity (Wildman–Crippen MR) is 41.5 cm³/mol. The van der Waals surface area contributed by atoms with E-state index in [0.717, 1.165) is 10.9 Å². The summed E-state index contributed by atoms with van der Waals surface area (Å²) in [6.07, 6.45) is 1.82. The summed E-state index contributed by atoms with van der Waals surface area (Å²) in [7, 11) is 1.62. The van der Waals surface area contributed by atoms with Gasteiger partial charge in [0.2, 0.25) is 0 Å². The van der Waals surface area contributed by atoms with Crippen molar-refractivity contribution in [2.24, 2.45) is 0 Å². The van der Waals surface area contributed by atoms with Crippen molar-refractivity contribution in [2.75, 3.05) is 7.11 Å². The minimum absolute atomic E-state index is 0.713. The topological polar surface area (TPSA) is 37.9 Å². The van der Waals surface area contributed by atoms with Crippen molar-refractivity contribution < 1.29 is 4.74 Å². The molecule has 0 aliphatic rings. The Balaban J connectivity index is 2.67. The van der Waals surface area contributed by atoms with Gasteiger partial charge in [0.25, 0.3) is 0 Å². The first-order valence-electron chi connectivity index (χ1n) is 3.29. The van der Waals surface area contributed by atoms with Crippen LogP contribution in [0.4, 0.5) is 0 Å². The summed E-state index contributed by atoms with van der Waals surface area (Å²) in [5.74, 6) is 0.713. The molecule has 1 N–H and O–H groups in total. The van der Waals surface area contributed by atoms with E-state index < -0.39 is 0 Å². The molecule has 3 heteroatoms. The lowest BCUT2D eigenvalue weighted by molar-refractivity contribution is 0.414. The molecule has 0 unspecified atom stereocenters. The molecule has 55 valence electrons. The van der Waals surface area contributed by atoms with Gasteiger partial charge in [0.15, 0.2) is 0 Å². The average molecular weight is 147 g/mol. The highest BCUT2D eigenvalue weighted by Gasteiger charge is 1.96. The Kier molecular flexibility index (Phi) is 1.28. The van der Waals surface area contributed by atoms with Crippen molar-refractivity contribution in [1.82, 2.24) is 10.2 Å². The first kappa shape index (κ1) is 6.22. The van der Waals surface area contributed by atoms with Gasteiger partial charge in [0.05, 0.1) is 12.6 Å². The van der Waals surface area contributed by atoms with Gasteiger partial charge in [0.1, 0.15) is 5.75 Å². The van der Waals surface area contributed by atoms with Crippen LogP contribution in [-0.2, 0) is 0 Å². The first-order chi connectivity index (χ1) is 5.40. The van der Waals surface area contributed by atoms with E-state index in [1.807, 2.05) is 18.3 Å². The molecule has 2 rings (SSSR count). The van der Waals surface area contributed by atoms with Gasteiger partial charge in [-0.15, -0.1) is 0 Å². The molecule has 1 heterocycles. The summed E-state index contributed by atoms with van der Waals surface area (Å²) in [5.41, 5.74) is 0.903. The number of hydrogen-bond acceptors (Lipinski definition) is 2. The average Bonchev–Trinajstić information content (AvgIpc) is 2.50. The van der Waals surface area contributed by atoms with Crippen molar-refractivity contribution >= 4 is 10.9 Å². The van der Waals surface area contributed by atoms with Crippen LogP contribution in [-0.4, -0.2) is 17.3 Å². The largest absolute Gasteiger partial charge is 0.496 e. The second kappa shape index (κ2) is 2.27. The maximum atomic E-state index is 4.98. The number of nitrogens with zero attached hydrogens (tertiary/aromatic N) is 1.